The molecule has 0 bridgehead atoms. The Bertz CT molecular complexity index is 510. The number of hydrogen-bond donors (Lipinski definition) is 2. The number of rotatable bonds is 5. The van der Waals surface area contributed by atoms with E-state index in [1.165, 1.54) is 39.0 Å². The van der Waals surface area contributed by atoms with Crippen LogP contribution in [0.4, 0.5) is 11.5 Å². The highest BCUT2D eigenvalue weighted by molar-refractivity contribution is 5.95. The van der Waals surface area contributed by atoms with E-state index in [-0.39, 0.29) is 5.54 Å². The number of likely N-dealkylation sites (N-methyl/N-ethyl adjacent to an activating group) is 1. The van der Waals surface area contributed by atoms with Crippen LogP contribution in [0.1, 0.15) is 36.0 Å². The monoisotopic (exact) mass is 292 g/mol. The van der Waals surface area contributed by atoms with E-state index < -0.39 is 5.97 Å². The zero-order valence-electron chi connectivity index (χ0n) is 13.0. The Balaban J connectivity index is 2.11. The minimum Gasteiger partial charge on any atom is -0.465 e. The van der Waals surface area contributed by atoms with Crippen molar-refractivity contribution >= 4 is 17.5 Å². The third-order valence-corrected chi connectivity index (χ3v) is 4.42. The molecular formula is C15H24N4O2. The molecule has 1 aliphatic rings. The average molecular weight is 292 g/mol. The third-order valence-electron chi connectivity index (χ3n) is 4.42. The van der Waals surface area contributed by atoms with Gasteiger partial charge >= 0.3 is 5.97 Å². The Labute approximate surface area is 125 Å². The number of anilines is 2. The normalized spacial score (nSPS) is 17.0. The van der Waals surface area contributed by atoms with Gasteiger partial charge in [-0.25, -0.2) is 9.78 Å². The van der Waals surface area contributed by atoms with E-state index in [4.69, 9.17) is 10.5 Å². The van der Waals surface area contributed by atoms with Crippen LogP contribution in [-0.2, 0) is 4.74 Å². The number of nitrogens with zero attached hydrogens (tertiary/aromatic N) is 2. The quantitative estimate of drug-likeness (QED) is 0.805. The molecule has 0 aliphatic heterocycles. The lowest BCUT2D eigenvalue weighted by molar-refractivity contribution is 0.0602. The van der Waals surface area contributed by atoms with E-state index in [0.717, 1.165) is 6.54 Å². The van der Waals surface area contributed by atoms with Crippen molar-refractivity contribution in [3.8, 4) is 0 Å². The molecule has 1 aromatic rings. The number of nitrogen functional groups attached to an aromatic ring is 1. The zero-order valence-corrected chi connectivity index (χ0v) is 13.0. The lowest BCUT2D eigenvalue weighted by atomic mass is 9.96. The summed E-state index contributed by atoms with van der Waals surface area (Å²) in [6.45, 7) is 0.803. The maximum atomic E-state index is 11.7. The molecule has 0 aromatic carbocycles. The zero-order chi connectivity index (χ0) is 15.5. The second kappa shape index (κ2) is 6.30. The molecule has 1 fully saturated rings. The van der Waals surface area contributed by atoms with Crippen molar-refractivity contribution in [1.82, 2.24) is 9.88 Å². The van der Waals surface area contributed by atoms with E-state index in [1.54, 1.807) is 6.07 Å². The molecule has 2 rings (SSSR count). The summed E-state index contributed by atoms with van der Waals surface area (Å²) in [5.41, 5.74) is 6.60. The summed E-state index contributed by atoms with van der Waals surface area (Å²) in [6, 6.07) is 1.65. The molecule has 0 amide bonds. The summed E-state index contributed by atoms with van der Waals surface area (Å²) < 4.78 is 4.73. The number of aromatic nitrogens is 1. The van der Waals surface area contributed by atoms with Gasteiger partial charge in [0.15, 0.2) is 0 Å². The smallest absolute Gasteiger partial charge is 0.340 e. The fraction of sp³-hybridized carbons (Fsp3) is 0.600. The SMILES string of the molecule is COC(=O)c1cc(NCC2(N(C)C)CCCC2)ncc1N. The van der Waals surface area contributed by atoms with Crippen LogP contribution in [0.25, 0.3) is 0 Å². The van der Waals surface area contributed by atoms with Crippen molar-refractivity contribution in [2.24, 2.45) is 0 Å². The van der Waals surface area contributed by atoms with E-state index in [9.17, 15) is 4.79 Å². The molecule has 0 unspecified atom stereocenters. The number of nitrogens with one attached hydrogen (secondary N) is 1. The number of nitrogens with two attached hydrogens (primary N) is 1. The summed E-state index contributed by atoms with van der Waals surface area (Å²) >= 11 is 0. The van der Waals surface area contributed by atoms with Gasteiger partial charge in [0.25, 0.3) is 0 Å². The summed E-state index contributed by atoms with van der Waals surface area (Å²) in [5.74, 6) is 0.207. The maximum Gasteiger partial charge on any atom is 0.340 e. The van der Waals surface area contributed by atoms with Crippen LogP contribution < -0.4 is 11.1 Å². The molecule has 1 heterocycles. The maximum absolute atomic E-state index is 11.7. The third kappa shape index (κ3) is 3.26. The van der Waals surface area contributed by atoms with Crippen molar-refractivity contribution in [3.05, 3.63) is 17.8 Å². The van der Waals surface area contributed by atoms with Gasteiger partial charge in [-0.2, -0.15) is 0 Å². The number of ether oxygens (including phenoxy) is 1. The van der Waals surface area contributed by atoms with Crippen LogP contribution in [0.3, 0.4) is 0 Å². The number of methoxy groups -OCH3 is 1. The Morgan fingerprint density at radius 2 is 2.14 bits per heavy atom. The first-order valence-corrected chi connectivity index (χ1v) is 7.24. The molecule has 21 heavy (non-hydrogen) atoms. The molecule has 0 spiro atoms. The molecule has 3 N–H and O–H groups in total. The number of carbonyl (C=O) groups excluding carboxylic acids is 1. The number of esters is 1. The van der Waals surface area contributed by atoms with Gasteiger partial charge in [-0.1, -0.05) is 12.8 Å². The molecule has 0 saturated heterocycles. The predicted molar refractivity (Wildman–Crippen MR) is 83.4 cm³/mol. The first-order valence-electron chi connectivity index (χ1n) is 7.24. The van der Waals surface area contributed by atoms with Gasteiger partial charge in [-0.15, -0.1) is 0 Å². The predicted octanol–water partition coefficient (Wildman–Crippen LogP) is 1.74. The Hall–Kier alpha value is -1.82. The molecule has 6 nitrogen and oxygen atoms in total. The minimum atomic E-state index is -0.443. The summed E-state index contributed by atoms with van der Waals surface area (Å²) in [5, 5.41) is 3.34. The molecule has 0 atom stereocenters. The van der Waals surface area contributed by atoms with Crippen LogP contribution in [-0.4, -0.2) is 49.1 Å². The molecule has 1 saturated carbocycles. The molecule has 0 radical (unpaired) electrons. The van der Waals surface area contributed by atoms with E-state index >= 15 is 0 Å². The second-order valence-electron chi connectivity index (χ2n) is 5.83. The molecule has 1 aromatic heterocycles. The van der Waals surface area contributed by atoms with Crippen molar-refractivity contribution in [3.63, 3.8) is 0 Å². The lowest BCUT2D eigenvalue weighted by Gasteiger charge is -2.36. The second-order valence-corrected chi connectivity index (χ2v) is 5.83. The summed E-state index contributed by atoms with van der Waals surface area (Å²) in [7, 11) is 5.57. The van der Waals surface area contributed by atoms with Crippen molar-refractivity contribution in [1.29, 1.82) is 0 Å². The number of pyridine rings is 1. The van der Waals surface area contributed by atoms with Gasteiger partial charge < -0.3 is 20.7 Å². The Morgan fingerprint density at radius 3 is 2.71 bits per heavy atom. The standard InChI is InChI=1S/C15H24N4O2/c1-19(2)15(6-4-5-7-15)10-18-13-8-11(14(20)21-3)12(16)9-17-13/h8-9H,4-7,10,16H2,1-3H3,(H,17,18). The highest BCUT2D eigenvalue weighted by Gasteiger charge is 2.35. The fourth-order valence-corrected chi connectivity index (χ4v) is 2.92. The van der Waals surface area contributed by atoms with Gasteiger partial charge in [0.05, 0.1) is 24.6 Å². The Morgan fingerprint density at radius 1 is 1.48 bits per heavy atom. The van der Waals surface area contributed by atoms with Gasteiger partial charge in [-0.3, -0.25) is 0 Å². The van der Waals surface area contributed by atoms with Crippen LogP contribution in [0.15, 0.2) is 12.3 Å². The van der Waals surface area contributed by atoms with E-state index in [2.05, 4.69) is 29.3 Å². The van der Waals surface area contributed by atoms with Crippen LogP contribution in [0.5, 0.6) is 0 Å². The largest absolute Gasteiger partial charge is 0.465 e. The highest BCUT2D eigenvalue weighted by atomic mass is 16.5. The van der Waals surface area contributed by atoms with Crippen molar-refractivity contribution < 1.29 is 9.53 Å². The summed E-state index contributed by atoms with van der Waals surface area (Å²) in [4.78, 5) is 18.2. The average Bonchev–Trinajstić information content (AvgIpc) is 2.96. The van der Waals surface area contributed by atoms with E-state index in [0.29, 0.717) is 17.1 Å². The highest BCUT2D eigenvalue weighted by Crippen LogP contribution is 2.33. The van der Waals surface area contributed by atoms with Gasteiger partial charge in [0.1, 0.15) is 5.82 Å². The molecule has 116 valence electrons. The van der Waals surface area contributed by atoms with E-state index in [1.807, 2.05) is 0 Å². The number of hydrogen-bond acceptors (Lipinski definition) is 6. The fourth-order valence-electron chi connectivity index (χ4n) is 2.92. The van der Waals surface area contributed by atoms with Gasteiger partial charge in [0.2, 0.25) is 0 Å². The van der Waals surface area contributed by atoms with Crippen LogP contribution in [0, 0.1) is 0 Å². The van der Waals surface area contributed by atoms with Crippen molar-refractivity contribution in [2.75, 3.05) is 38.8 Å². The van der Waals surface area contributed by atoms with Crippen molar-refractivity contribution in [2.45, 2.75) is 31.2 Å². The number of carbonyl (C=O) groups is 1. The topological polar surface area (TPSA) is 80.5 Å². The molecular weight excluding hydrogens is 268 g/mol. The lowest BCUT2D eigenvalue weighted by Crippen LogP contribution is -2.47. The first kappa shape index (κ1) is 15.6. The Kier molecular flexibility index (Phi) is 4.67. The summed E-state index contributed by atoms with van der Waals surface area (Å²) in [6.07, 6.45) is 6.34. The molecule has 1 aliphatic carbocycles. The van der Waals surface area contributed by atoms with Gasteiger partial charge in [-0.05, 0) is 33.0 Å². The first-order chi connectivity index (χ1) is 9.98. The van der Waals surface area contributed by atoms with Crippen LogP contribution in [0.2, 0.25) is 0 Å². The van der Waals surface area contributed by atoms with Gasteiger partial charge in [0, 0.05) is 12.1 Å². The molecule has 6 heteroatoms. The van der Waals surface area contributed by atoms with Crippen LogP contribution >= 0.6 is 0 Å². The minimum absolute atomic E-state index is 0.161.